The predicted octanol–water partition coefficient (Wildman–Crippen LogP) is 6.76. The van der Waals surface area contributed by atoms with Crippen molar-refractivity contribution in [1.82, 2.24) is 0 Å². The number of nitrogens with zero attached hydrogens (tertiary/aromatic N) is 3. The Bertz CT molecular complexity index is 904. The summed E-state index contributed by atoms with van der Waals surface area (Å²) in [6.45, 7) is 0.558. The van der Waals surface area contributed by atoms with Crippen molar-refractivity contribution >= 4 is 21.6 Å². The lowest BCUT2D eigenvalue weighted by atomic mass is 10.0. The van der Waals surface area contributed by atoms with Crippen molar-refractivity contribution in [2.24, 2.45) is 5.11 Å². The van der Waals surface area contributed by atoms with Crippen molar-refractivity contribution in [3.63, 3.8) is 0 Å². The second kappa shape index (κ2) is 9.09. The number of benzene rings is 3. The summed E-state index contributed by atoms with van der Waals surface area (Å²) in [5, 5.41) is 3.59. The zero-order valence-corrected chi connectivity index (χ0v) is 15.8. The van der Waals surface area contributed by atoms with Crippen LogP contribution in [0.25, 0.3) is 10.4 Å². The third kappa shape index (κ3) is 5.12. The Kier molecular flexibility index (Phi) is 6.31. The Hall–Kier alpha value is -2.75. The average molecular weight is 408 g/mol. The molecular weight excluding hydrogens is 390 g/mol. The van der Waals surface area contributed by atoms with Crippen LogP contribution in [0.1, 0.15) is 16.7 Å². The van der Waals surface area contributed by atoms with Crippen LogP contribution >= 0.6 is 15.9 Å². The molecule has 0 saturated heterocycles. The van der Waals surface area contributed by atoms with E-state index in [1.54, 1.807) is 0 Å². The van der Waals surface area contributed by atoms with Crippen LogP contribution in [0.3, 0.4) is 0 Å². The van der Waals surface area contributed by atoms with Gasteiger partial charge in [-0.1, -0.05) is 75.6 Å². The summed E-state index contributed by atoms with van der Waals surface area (Å²) in [7, 11) is 0. The van der Waals surface area contributed by atoms with E-state index in [0.717, 1.165) is 28.6 Å². The first-order valence-electron chi connectivity index (χ1n) is 8.34. The van der Waals surface area contributed by atoms with Gasteiger partial charge in [-0.05, 0) is 53.3 Å². The van der Waals surface area contributed by atoms with Crippen LogP contribution in [0.4, 0.5) is 5.69 Å². The highest BCUT2D eigenvalue weighted by atomic mass is 79.9. The zero-order chi connectivity index (χ0) is 18.2. The van der Waals surface area contributed by atoms with Gasteiger partial charge >= 0.3 is 0 Å². The lowest BCUT2D eigenvalue weighted by Crippen LogP contribution is -1.97. The topological polar surface area (TPSA) is 58.0 Å². The minimum Gasteiger partial charge on any atom is -0.489 e. The molecule has 0 radical (unpaired) electrons. The van der Waals surface area contributed by atoms with E-state index in [9.17, 15) is 0 Å². The number of aryl methyl sites for hydroxylation is 2. The minimum atomic E-state index is 0.558. The fourth-order valence-corrected chi connectivity index (χ4v) is 3.08. The normalized spacial score (nSPS) is 10.2. The van der Waals surface area contributed by atoms with Gasteiger partial charge < -0.3 is 4.74 Å². The van der Waals surface area contributed by atoms with E-state index >= 15 is 0 Å². The summed E-state index contributed by atoms with van der Waals surface area (Å²) in [5.74, 6) is 0.866. The lowest BCUT2D eigenvalue weighted by molar-refractivity contribution is 0.306. The van der Waals surface area contributed by atoms with Gasteiger partial charge in [-0.25, -0.2) is 0 Å². The monoisotopic (exact) mass is 407 g/mol. The van der Waals surface area contributed by atoms with Crippen molar-refractivity contribution < 1.29 is 4.74 Å². The molecule has 3 aromatic rings. The maximum absolute atomic E-state index is 8.46. The van der Waals surface area contributed by atoms with Crippen LogP contribution in [0, 0.1) is 0 Å². The Labute approximate surface area is 161 Å². The second-order valence-electron chi connectivity index (χ2n) is 5.88. The van der Waals surface area contributed by atoms with Crippen LogP contribution in [-0.4, -0.2) is 0 Å². The Morgan fingerprint density at radius 2 is 1.65 bits per heavy atom. The summed E-state index contributed by atoms with van der Waals surface area (Å²) in [4.78, 5) is 2.79. The van der Waals surface area contributed by atoms with Gasteiger partial charge in [0, 0.05) is 15.1 Å². The van der Waals surface area contributed by atoms with Crippen LogP contribution in [-0.2, 0) is 19.4 Å². The highest BCUT2D eigenvalue weighted by molar-refractivity contribution is 9.10. The molecule has 0 fully saturated rings. The molecule has 0 N–H and O–H groups in total. The molecule has 0 spiro atoms. The molecule has 0 unspecified atom stereocenters. The quantitative estimate of drug-likeness (QED) is 0.242. The molecule has 0 aliphatic rings. The third-order valence-corrected chi connectivity index (χ3v) is 4.82. The molecular formula is C21H18BrN3O. The van der Waals surface area contributed by atoms with Crippen molar-refractivity contribution in [3.05, 3.63) is 104 Å². The second-order valence-corrected chi connectivity index (χ2v) is 6.74. The average Bonchev–Trinajstić information content (AvgIpc) is 2.68. The molecule has 0 amide bonds. The summed E-state index contributed by atoms with van der Waals surface area (Å²) in [6, 6.07) is 23.9. The van der Waals surface area contributed by atoms with Crippen LogP contribution in [0.15, 0.2) is 82.4 Å². The summed E-state index contributed by atoms with van der Waals surface area (Å²) in [6.07, 6.45) is 1.79. The van der Waals surface area contributed by atoms with Gasteiger partial charge in [0.15, 0.2) is 0 Å². The number of ether oxygens (including phenoxy) is 1. The molecule has 0 aliphatic carbocycles. The summed E-state index contributed by atoms with van der Waals surface area (Å²) >= 11 is 3.62. The van der Waals surface area contributed by atoms with Gasteiger partial charge in [0.25, 0.3) is 0 Å². The van der Waals surface area contributed by atoms with Gasteiger partial charge in [-0.3, -0.25) is 0 Å². The molecule has 0 bridgehead atoms. The van der Waals surface area contributed by atoms with Crippen LogP contribution < -0.4 is 4.74 Å². The van der Waals surface area contributed by atoms with Gasteiger partial charge in [0.2, 0.25) is 0 Å². The Morgan fingerprint density at radius 3 is 2.38 bits per heavy atom. The SMILES string of the molecule is [N-]=[N+]=Nc1ccc(CCc2cc(OCc3ccccc3)ccc2Br)cc1. The molecule has 0 atom stereocenters. The van der Waals surface area contributed by atoms with Gasteiger partial charge in [0.05, 0.1) is 0 Å². The van der Waals surface area contributed by atoms with E-state index in [1.807, 2.05) is 54.6 Å². The smallest absolute Gasteiger partial charge is 0.120 e. The minimum absolute atomic E-state index is 0.558. The van der Waals surface area contributed by atoms with Crippen molar-refractivity contribution in [1.29, 1.82) is 0 Å². The first-order chi connectivity index (χ1) is 12.7. The Morgan fingerprint density at radius 1 is 0.885 bits per heavy atom. The molecule has 3 aromatic carbocycles. The van der Waals surface area contributed by atoms with Gasteiger partial charge in [-0.15, -0.1) is 0 Å². The van der Waals surface area contributed by atoms with Crippen LogP contribution in [0.2, 0.25) is 0 Å². The van der Waals surface area contributed by atoms with Gasteiger partial charge in [-0.2, -0.15) is 0 Å². The molecule has 0 aliphatic heterocycles. The number of hydrogen-bond donors (Lipinski definition) is 0. The molecule has 5 heteroatoms. The number of hydrogen-bond acceptors (Lipinski definition) is 2. The standard InChI is InChI=1S/C21H18BrN3O/c22-21-13-12-20(26-15-17-4-2-1-3-5-17)14-18(21)9-6-16-7-10-19(11-8-16)24-25-23/h1-5,7-8,10-14H,6,9,15H2. The fourth-order valence-electron chi connectivity index (χ4n) is 2.63. The van der Waals surface area contributed by atoms with Crippen molar-refractivity contribution in [3.8, 4) is 5.75 Å². The molecule has 0 aromatic heterocycles. The molecule has 3 rings (SSSR count). The van der Waals surface area contributed by atoms with E-state index in [1.165, 1.54) is 11.1 Å². The molecule has 130 valence electrons. The van der Waals surface area contributed by atoms with E-state index in [0.29, 0.717) is 12.3 Å². The summed E-state index contributed by atoms with van der Waals surface area (Å²) in [5.41, 5.74) is 12.6. The summed E-state index contributed by atoms with van der Waals surface area (Å²) < 4.78 is 6.99. The largest absolute Gasteiger partial charge is 0.489 e. The lowest BCUT2D eigenvalue weighted by Gasteiger charge is -2.10. The first-order valence-corrected chi connectivity index (χ1v) is 9.13. The van der Waals surface area contributed by atoms with Crippen LogP contribution in [0.5, 0.6) is 5.75 Å². The van der Waals surface area contributed by atoms with E-state index < -0.39 is 0 Å². The first kappa shape index (κ1) is 18.1. The van der Waals surface area contributed by atoms with Gasteiger partial charge in [0.1, 0.15) is 12.4 Å². The fraction of sp³-hybridized carbons (Fsp3) is 0.143. The van der Waals surface area contributed by atoms with Crippen molar-refractivity contribution in [2.75, 3.05) is 0 Å². The van der Waals surface area contributed by atoms with E-state index in [4.69, 9.17) is 10.3 Å². The number of halogens is 1. The molecule has 0 heterocycles. The zero-order valence-electron chi connectivity index (χ0n) is 14.2. The highest BCUT2D eigenvalue weighted by Crippen LogP contribution is 2.25. The molecule has 4 nitrogen and oxygen atoms in total. The molecule has 26 heavy (non-hydrogen) atoms. The maximum atomic E-state index is 8.46. The number of azide groups is 1. The van der Waals surface area contributed by atoms with Crippen molar-refractivity contribution in [2.45, 2.75) is 19.4 Å². The Balaban J connectivity index is 1.62. The number of rotatable bonds is 7. The maximum Gasteiger partial charge on any atom is 0.120 e. The molecule has 0 saturated carbocycles. The third-order valence-electron chi connectivity index (χ3n) is 4.05. The van der Waals surface area contributed by atoms with E-state index in [-0.39, 0.29) is 0 Å². The predicted molar refractivity (Wildman–Crippen MR) is 108 cm³/mol. The highest BCUT2D eigenvalue weighted by Gasteiger charge is 2.04. The van der Waals surface area contributed by atoms with E-state index in [2.05, 4.69) is 44.2 Å².